The lowest BCUT2D eigenvalue weighted by Gasteiger charge is -2.33. The molecule has 31 heavy (non-hydrogen) atoms. The Kier molecular flexibility index (Phi) is 5.90. The maximum Gasteiger partial charge on any atom is 0.254 e. The Labute approximate surface area is 183 Å². The molecule has 4 rings (SSSR count). The van der Waals surface area contributed by atoms with E-state index in [1.54, 1.807) is 14.2 Å². The summed E-state index contributed by atoms with van der Waals surface area (Å²) in [6.45, 7) is 7.71. The molecule has 0 spiro atoms. The van der Waals surface area contributed by atoms with E-state index in [0.29, 0.717) is 29.6 Å². The number of ether oxygens (including phenoxy) is 2. The molecule has 0 saturated carbocycles. The normalized spacial score (nSPS) is 16.7. The number of hydrogen-bond donors (Lipinski definition) is 0. The predicted molar refractivity (Wildman–Crippen MR) is 122 cm³/mol. The van der Waals surface area contributed by atoms with Crippen LogP contribution in [-0.4, -0.2) is 47.7 Å². The number of nitrogens with zero attached hydrogens (tertiary/aromatic N) is 3. The van der Waals surface area contributed by atoms with Crippen molar-refractivity contribution in [1.82, 2.24) is 14.5 Å². The van der Waals surface area contributed by atoms with Crippen molar-refractivity contribution in [3.8, 4) is 11.5 Å². The van der Waals surface area contributed by atoms with E-state index < -0.39 is 0 Å². The molecular weight excluding hydrogens is 390 g/mol. The van der Waals surface area contributed by atoms with Crippen LogP contribution in [0.2, 0.25) is 0 Å². The highest BCUT2D eigenvalue weighted by Gasteiger charge is 2.30. The zero-order valence-electron chi connectivity index (χ0n) is 19.0. The van der Waals surface area contributed by atoms with Crippen LogP contribution in [0.15, 0.2) is 36.4 Å². The lowest BCUT2D eigenvalue weighted by molar-refractivity contribution is 0.0702. The minimum atomic E-state index is 0.00788. The van der Waals surface area contributed by atoms with Gasteiger partial charge in [-0.1, -0.05) is 12.1 Å². The van der Waals surface area contributed by atoms with E-state index in [0.717, 1.165) is 41.8 Å². The first-order valence-corrected chi connectivity index (χ1v) is 10.9. The molecule has 0 N–H and O–H groups in total. The molecule has 1 unspecified atom stereocenters. The highest BCUT2D eigenvalue weighted by atomic mass is 16.5. The molecule has 164 valence electrons. The van der Waals surface area contributed by atoms with E-state index in [4.69, 9.17) is 14.5 Å². The Balaban J connectivity index is 1.65. The summed E-state index contributed by atoms with van der Waals surface area (Å²) in [4.78, 5) is 20.3. The molecule has 2 heterocycles. The van der Waals surface area contributed by atoms with Crippen molar-refractivity contribution in [2.24, 2.45) is 0 Å². The van der Waals surface area contributed by atoms with Crippen LogP contribution in [0.3, 0.4) is 0 Å². The first-order valence-electron chi connectivity index (χ1n) is 10.9. The first kappa shape index (κ1) is 21.2. The van der Waals surface area contributed by atoms with Gasteiger partial charge in [-0.05, 0) is 57.9 Å². The molecule has 1 aliphatic rings. The molecule has 3 aromatic rings. The second kappa shape index (κ2) is 8.61. The van der Waals surface area contributed by atoms with Crippen molar-refractivity contribution in [2.45, 2.75) is 45.6 Å². The number of carbonyl (C=O) groups is 1. The maximum atomic E-state index is 13.4. The van der Waals surface area contributed by atoms with Crippen LogP contribution in [0, 0.1) is 6.92 Å². The molecule has 1 aromatic heterocycles. The molecular formula is C25H31N3O3. The van der Waals surface area contributed by atoms with Crippen LogP contribution < -0.4 is 9.47 Å². The van der Waals surface area contributed by atoms with Gasteiger partial charge in [-0.3, -0.25) is 4.79 Å². The van der Waals surface area contributed by atoms with Gasteiger partial charge in [0.05, 0.1) is 25.3 Å². The fourth-order valence-corrected chi connectivity index (χ4v) is 4.66. The van der Waals surface area contributed by atoms with Crippen molar-refractivity contribution in [3.63, 3.8) is 0 Å². The van der Waals surface area contributed by atoms with E-state index >= 15 is 0 Å². The van der Waals surface area contributed by atoms with Crippen LogP contribution in [-0.2, 0) is 0 Å². The quantitative estimate of drug-likeness (QED) is 0.584. The number of hydrogen-bond acceptors (Lipinski definition) is 4. The number of fused-ring (bicyclic) bond motifs is 1. The molecule has 1 fully saturated rings. The monoisotopic (exact) mass is 421 g/mol. The Morgan fingerprint density at radius 3 is 2.45 bits per heavy atom. The van der Waals surface area contributed by atoms with Gasteiger partial charge in [0.25, 0.3) is 5.91 Å². The van der Waals surface area contributed by atoms with Crippen LogP contribution in [0.5, 0.6) is 11.5 Å². The number of methoxy groups -OCH3 is 2. The van der Waals surface area contributed by atoms with Crippen molar-refractivity contribution in [3.05, 3.63) is 53.3 Å². The third-order valence-electron chi connectivity index (χ3n) is 6.21. The van der Waals surface area contributed by atoms with Crippen LogP contribution >= 0.6 is 0 Å². The van der Waals surface area contributed by atoms with Crippen LogP contribution in [0.1, 0.15) is 60.4 Å². The number of piperidine rings is 1. The summed E-state index contributed by atoms with van der Waals surface area (Å²) in [5.74, 6) is 2.62. The molecule has 0 radical (unpaired) electrons. The van der Waals surface area contributed by atoms with E-state index in [9.17, 15) is 4.79 Å². The Hall–Kier alpha value is -3.02. The third kappa shape index (κ3) is 3.87. The molecule has 2 aromatic carbocycles. The summed E-state index contributed by atoms with van der Waals surface area (Å²) in [5, 5.41) is 0. The predicted octanol–water partition coefficient (Wildman–Crippen LogP) is 4.96. The second-order valence-corrected chi connectivity index (χ2v) is 8.52. The minimum Gasteiger partial charge on any atom is -0.496 e. The smallest absolute Gasteiger partial charge is 0.254 e. The number of benzene rings is 2. The van der Waals surface area contributed by atoms with Gasteiger partial charge in [-0.2, -0.15) is 0 Å². The first-order chi connectivity index (χ1) is 14.9. The molecule has 6 nitrogen and oxygen atoms in total. The third-order valence-corrected chi connectivity index (χ3v) is 6.21. The zero-order valence-corrected chi connectivity index (χ0v) is 19.0. The zero-order chi connectivity index (χ0) is 22.1. The summed E-state index contributed by atoms with van der Waals surface area (Å²) in [6.07, 6.45) is 1.98. The van der Waals surface area contributed by atoms with Gasteiger partial charge in [0.1, 0.15) is 17.3 Å². The highest BCUT2D eigenvalue weighted by Crippen LogP contribution is 2.34. The fraction of sp³-hybridized carbons (Fsp3) is 0.440. The Bertz CT molecular complexity index is 1080. The van der Waals surface area contributed by atoms with E-state index in [-0.39, 0.29) is 11.8 Å². The van der Waals surface area contributed by atoms with Crippen molar-refractivity contribution in [2.75, 3.05) is 27.3 Å². The summed E-state index contributed by atoms with van der Waals surface area (Å²) < 4.78 is 13.3. The van der Waals surface area contributed by atoms with Crippen LogP contribution in [0.4, 0.5) is 0 Å². The van der Waals surface area contributed by atoms with E-state index in [1.165, 1.54) is 0 Å². The number of amides is 1. The molecule has 1 aliphatic heterocycles. The summed E-state index contributed by atoms with van der Waals surface area (Å²) in [7, 11) is 3.23. The van der Waals surface area contributed by atoms with Crippen LogP contribution in [0.25, 0.3) is 11.0 Å². The van der Waals surface area contributed by atoms with Gasteiger partial charge in [0.2, 0.25) is 0 Å². The molecule has 1 amide bonds. The molecule has 1 saturated heterocycles. The van der Waals surface area contributed by atoms with E-state index in [2.05, 4.69) is 36.6 Å². The van der Waals surface area contributed by atoms with Crippen molar-refractivity contribution < 1.29 is 14.3 Å². The van der Waals surface area contributed by atoms with Gasteiger partial charge >= 0.3 is 0 Å². The SMILES string of the molecule is COc1cc(C(=O)N2CCCC(c3nc4ccccc4n3C(C)C)C2)cc(OC)c1C. The molecule has 6 heteroatoms. The number of carbonyl (C=O) groups excluding carboxylic acids is 1. The van der Waals surface area contributed by atoms with Crippen molar-refractivity contribution in [1.29, 1.82) is 0 Å². The van der Waals surface area contributed by atoms with Gasteiger partial charge < -0.3 is 18.9 Å². The highest BCUT2D eigenvalue weighted by molar-refractivity contribution is 5.95. The number of imidazole rings is 1. The number of aromatic nitrogens is 2. The molecule has 0 aliphatic carbocycles. The summed E-state index contributed by atoms with van der Waals surface area (Å²) in [6, 6.07) is 12.2. The lowest BCUT2D eigenvalue weighted by atomic mass is 9.96. The topological polar surface area (TPSA) is 56.6 Å². The largest absolute Gasteiger partial charge is 0.496 e. The average Bonchev–Trinajstić information content (AvgIpc) is 3.19. The van der Waals surface area contributed by atoms with Gasteiger partial charge in [0.15, 0.2) is 0 Å². The molecule has 1 atom stereocenters. The summed E-state index contributed by atoms with van der Waals surface area (Å²) in [5.41, 5.74) is 3.66. The number of rotatable bonds is 5. The maximum absolute atomic E-state index is 13.4. The van der Waals surface area contributed by atoms with E-state index in [1.807, 2.05) is 30.0 Å². The Morgan fingerprint density at radius 2 is 1.81 bits per heavy atom. The van der Waals surface area contributed by atoms with Crippen molar-refractivity contribution >= 4 is 16.9 Å². The Morgan fingerprint density at radius 1 is 1.13 bits per heavy atom. The molecule has 0 bridgehead atoms. The standard InChI is InChI=1S/C25H31N3O3/c1-16(2)28-21-11-7-6-10-20(21)26-24(28)18-9-8-12-27(15-18)25(29)19-13-22(30-4)17(3)23(14-19)31-5/h6-7,10-11,13-14,16,18H,8-9,12,15H2,1-5H3. The van der Waals surface area contributed by atoms with Gasteiger partial charge in [-0.25, -0.2) is 4.98 Å². The summed E-state index contributed by atoms with van der Waals surface area (Å²) >= 11 is 0. The lowest BCUT2D eigenvalue weighted by Crippen LogP contribution is -2.40. The van der Waals surface area contributed by atoms with Gasteiger partial charge in [0, 0.05) is 36.2 Å². The second-order valence-electron chi connectivity index (χ2n) is 8.52. The minimum absolute atomic E-state index is 0.00788. The average molecular weight is 422 g/mol. The fourth-order valence-electron chi connectivity index (χ4n) is 4.66. The van der Waals surface area contributed by atoms with Gasteiger partial charge in [-0.15, -0.1) is 0 Å². The number of para-hydroxylation sites is 2. The number of likely N-dealkylation sites (tertiary alicyclic amines) is 1.